The van der Waals surface area contributed by atoms with Gasteiger partial charge in [0.2, 0.25) is 0 Å². The monoisotopic (exact) mass is 672 g/mol. The molecule has 0 N–H and O–H groups in total. The Labute approximate surface area is 287 Å². The molecule has 1 atom stereocenters. The first-order valence-corrected chi connectivity index (χ1v) is 14.0. The van der Waals surface area contributed by atoms with E-state index in [9.17, 15) is 0 Å². The second-order valence-electron chi connectivity index (χ2n) is 10.1. The first kappa shape index (κ1) is 34.1. The minimum Gasteiger partial charge on any atom is -1.00 e. The standard InChI is InChI=1S/C22H18.C13H9.C5H5.2ClH.Zr/c1-3-10-18(11-4-1)22(19-12-5-2-6-13-19)21-16-15-17-9-7-8-14-20(17)21;1-3-7-12-10(5-1)9-11-6-2-4-8-13(11)12;1-2-4-5-3-1;;;/h1-16,21-22H;1-9H;1-3H,4H2;2*1H;/q;2*-1;;;+4/p-2. The van der Waals surface area contributed by atoms with Gasteiger partial charge in [-0.1, -0.05) is 133 Å². The molecule has 2 aliphatic rings. The Balaban J connectivity index is 0.000000205. The van der Waals surface area contributed by atoms with E-state index in [1.54, 1.807) is 0 Å². The van der Waals surface area contributed by atoms with E-state index in [4.69, 9.17) is 0 Å². The summed E-state index contributed by atoms with van der Waals surface area (Å²) < 4.78 is 0. The van der Waals surface area contributed by atoms with Gasteiger partial charge in [-0.2, -0.15) is 6.08 Å². The van der Waals surface area contributed by atoms with Crippen LogP contribution in [0.15, 0.2) is 164 Å². The third-order valence-corrected chi connectivity index (χ3v) is 7.62. The number of benzene rings is 5. The summed E-state index contributed by atoms with van der Waals surface area (Å²) in [5, 5.41) is 5.39. The molecule has 0 spiro atoms. The van der Waals surface area contributed by atoms with Crippen LogP contribution in [0.2, 0.25) is 0 Å². The molecule has 1 unspecified atom stereocenters. The molecule has 0 amide bonds. The van der Waals surface area contributed by atoms with Crippen LogP contribution in [-0.4, -0.2) is 0 Å². The number of hydrogen-bond acceptors (Lipinski definition) is 0. The molecule has 0 heterocycles. The predicted molar refractivity (Wildman–Crippen MR) is 172 cm³/mol. The van der Waals surface area contributed by atoms with Gasteiger partial charge in [-0.3, -0.25) is 6.08 Å². The summed E-state index contributed by atoms with van der Waals surface area (Å²) in [6.45, 7) is 0. The first-order chi connectivity index (χ1) is 19.9. The predicted octanol–water partition coefficient (Wildman–Crippen LogP) is 4.65. The Morgan fingerprint density at radius 3 is 1.63 bits per heavy atom. The van der Waals surface area contributed by atoms with Gasteiger partial charge in [0.15, 0.2) is 0 Å². The zero-order chi connectivity index (χ0) is 27.0. The van der Waals surface area contributed by atoms with Crippen molar-refractivity contribution in [2.24, 2.45) is 0 Å². The van der Waals surface area contributed by atoms with Crippen LogP contribution in [-0.2, 0) is 26.2 Å². The number of halogens is 2. The van der Waals surface area contributed by atoms with Crippen molar-refractivity contribution in [3.8, 4) is 0 Å². The molecule has 0 radical (unpaired) electrons. The van der Waals surface area contributed by atoms with Crippen LogP contribution in [0.3, 0.4) is 0 Å². The summed E-state index contributed by atoms with van der Waals surface area (Å²) in [6, 6.07) is 49.7. The quantitative estimate of drug-likeness (QED) is 0.240. The van der Waals surface area contributed by atoms with Crippen molar-refractivity contribution in [2.75, 3.05) is 0 Å². The second-order valence-corrected chi connectivity index (χ2v) is 10.1. The van der Waals surface area contributed by atoms with Crippen LogP contribution in [0.1, 0.15) is 40.5 Å². The fourth-order valence-corrected chi connectivity index (χ4v) is 5.74. The molecule has 0 saturated heterocycles. The van der Waals surface area contributed by atoms with Gasteiger partial charge in [-0.05, 0) is 22.3 Å². The summed E-state index contributed by atoms with van der Waals surface area (Å²) in [6.07, 6.45) is 14.6. The smallest absolute Gasteiger partial charge is 1.00 e. The fourth-order valence-electron chi connectivity index (χ4n) is 5.74. The Bertz CT molecular complexity index is 1680. The van der Waals surface area contributed by atoms with E-state index < -0.39 is 0 Å². The molecule has 43 heavy (non-hydrogen) atoms. The SMILES string of the molecule is C1=CC(C(c2ccccc2)c2ccccc2)c2ccccc21.[C-]1=CC=CC1.[Cl-].[Cl-].[Zr+4].c1ccc2c(c1)[cH-]c1ccccc12. The first-order valence-electron chi connectivity index (χ1n) is 14.0. The second kappa shape index (κ2) is 17.1. The van der Waals surface area contributed by atoms with Crippen molar-refractivity contribution in [1.29, 1.82) is 0 Å². The molecule has 3 heteroatoms. The Morgan fingerprint density at radius 2 is 1.12 bits per heavy atom. The van der Waals surface area contributed by atoms with Crippen LogP contribution in [0.25, 0.3) is 27.6 Å². The van der Waals surface area contributed by atoms with Gasteiger partial charge >= 0.3 is 26.2 Å². The molecule has 0 fully saturated rings. The average molecular weight is 675 g/mol. The third-order valence-electron chi connectivity index (χ3n) is 7.62. The average Bonchev–Trinajstić information content (AvgIpc) is 3.81. The molecule has 2 aliphatic carbocycles. The molecule has 6 aromatic carbocycles. The molecule has 0 aromatic heterocycles. The van der Waals surface area contributed by atoms with Gasteiger partial charge in [0.1, 0.15) is 0 Å². The van der Waals surface area contributed by atoms with Crippen molar-refractivity contribution in [3.63, 3.8) is 0 Å². The van der Waals surface area contributed by atoms with Gasteiger partial charge in [-0.15, -0.1) is 46.2 Å². The zero-order valence-corrected chi connectivity index (χ0v) is 27.8. The van der Waals surface area contributed by atoms with E-state index in [0.717, 1.165) is 6.42 Å². The van der Waals surface area contributed by atoms with E-state index in [2.05, 4.69) is 164 Å². The van der Waals surface area contributed by atoms with Gasteiger partial charge in [0.05, 0.1) is 0 Å². The van der Waals surface area contributed by atoms with Crippen molar-refractivity contribution < 1.29 is 51.0 Å². The van der Waals surface area contributed by atoms with Gasteiger partial charge in [-0.25, -0.2) is 12.2 Å². The van der Waals surface area contributed by atoms with Crippen molar-refractivity contribution in [2.45, 2.75) is 18.3 Å². The van der Waals surface area contributed by atoms with Crippen LogP contribution in [0.4, 0.5) is 0 Å². The van der Waals surface area contributed by atoms with Crippen LogP contribution >= 0.6 is 0 Å². The normalized spacial score (nSPS) is 13.6. The summed E-state index contributed by atoms with van der Waals surface area (Å²) in [4.78, 5) is 0. The molecule has 0 saturated carbocycles. The third kappa shape index (κ3) is 8.18. The number of fused-ring (bicyclic) bond motifs is 4. The summed E-state index contributed by atoms with van der Waals surface area (Å²) >= 11 is 0. The minimum atomic E-state index is 0. The summed E-state index contributed by atoms with van der Waals surface area (Å²) in [5.41, 5.74) is 5.53. The number of rotatable bonds is 3. The maximum atomic E-state index is 2.99. The maximum absolute atomic E-state index is 2.99. The van der Waals surface area contributed by atoms with Gasteiger partial charge in [0, 0.05) is 11.8 Å². The maximum Gasteiger partial charge on any atom is 4.00 e. The minimum absolute atomic E-state index is 0. The Hall–Kier alpha value is -3.35. The molecule has 0 aliphatic heterocycles. The molecular formula is C40H32Cl2Zr. The molecule has 0 bridgehead atoms. The van der Waals surface area contributed by atoms with Crippen LogP contribution in [0, 0.1) is 6.08 Å². The van der Waals surface area contributed by atoms with E-state index >= 15 is 0 Å². The summed E-state index contributed by atoms with van der Waals surface area (Å²) in [7, 11) is 0. The molecule has 0 nitrogen and oxygen atoms in total. The summed E-state index contributed by atoms with van der Waals surface area (Å²) in [5.74, 6) is 0.767. The van der Waals surface area contributed by atoms with Crippen molar-refractivity contribution in [1.82, 2.24) is 0 Å². The molecule has 210 valence electrons. The van der Waals surface area contributed by atoms with Crippen molar-refractivity contribution in [3.05, 3.63) is 192 Å². The number of allylic oxidation sites excluding steroid dienone is 5. The van der Waals surface area contributed by atoms with Crippen molar-refractivity contribution >= 4 is 27.6 Å². The van der Waals surface area contributed by atoms with E-state index in [1.807, 2.05) is 12.2 Å². The van der Waals surface area contributed by atoms with E-state index in [-0.39, 0.29) is 51.0 Å². The fraction of sp³-hybridized carbons (Fsp3) is 0.0750. The van der Waals surface area contributed by atoms with E-state index in [1.165, 1.54) is 43.8 Å². The number of hydrogen-bond donors (Lipinski definition) is 0. The van der Waals surface area contributed by atoms with Gasteiger partial charge < -0.3 is 24.8 Å². The Morgan fingerprint density at radius 1 is 0.605 bits per heavy atom. The Kier molecular flexibility index (Phi) is 13.6. The zero-order valence-electron chi connectivity index (χ0n) is 23.8. The van der Waals surface area contributed by atoms with Gasteiger partial charge in [0.25, 0.3) is 0 Å². The molecule has 8 rings (SSSR count). The largest absolute Gasteiger partial charge is 4.00 e. The topological polar surface area (TPSA) is 0 Å². The van der Waals surface area contributed by atoms with E-state index in [0.29, 0.717) is 11.8 Å². The van der Waals surface area contributed by atoms with Crippen LogP contribution in [0.5, 0.6) is 0 Å². The van der Waals surface area contributed by atoms with Crippen LogP contribution < -0.4 is 24.8 Å². The molecular weight excluding hydrogens is 643 g/mol. The molecule has 6 aromatic rings.